The first-order valence-electron chi connectivity index (χ1n) is 5.22. The number of nitrogens with zero attached hydrogens (tertiary/aromatic N) is 1. The third-order valence-electron chi connectivity index (χ3n) is 2.19. The van der Waals surface area contributed by atoms with E-state index in [0.29, 0.717) is 0 Å². The van der Waals surface area contributed by atoms with Crippen molar-refractivity contribution in [1.82, 2.24) is 4.98 Å². The molecule has 94 valence electrons. The van der Waals surface area contributed by atoms with E-state index in [1.807, 2.05) is 0 Å². The van der Waals surface area contributed by atoms with Gasteiger partial charge in [0.1, 0.15) is 6.10 Å². The van der Waals surface area contributed by atoms with E-state index in [2.05, 4.69) is 9.72 Å². The minimum atomic E-state index is -1.69. The van der Waals surface area contributed by atoms with E-state index >= 15 is 0 Å². The molecule has 2 atom stereocenters. The Bertz CT molecular complexity index is 408. The smallest absolute Gasteiger partial charge is 0.338 e. The molecule has 1 heterocycles. The highest BCUT2D eigenvalue weighted by molar-refractivity contribution is 5.75. The lowest BCUT2D eigenvalue weighted by atomic mass is 10.1. The molecule has 1 aromatic heterocycles. The van der Waals surface area contributed by atoms with Crippen molar-refractivity contribution >= 4 is 11.7 Å². The fourth-order valence-electron chi connectivity index (χ4n) is 1.36. The van der Waals surface area contributed by atoms with Gasteiger partial charge in [-0.1, -0.05) is 0 Å². The van der Waals surface area contributed by atoms with Crippen molar-refractivity contribution in [2.75, 3.05) is 12.3 Å². The van der Waals surface area contributed by atoms with Crippen molar-refractivity contribution in [2.45, 2.75) is 26.1 Å². The van der Waals surface area contributed by atoms with Crippen molar-refractivity contribution < 1.29 is 19.7 Å². The lowest BCUT2D eigenvalue weighted by Crippen LogP contribution is -2.30. The second-order valence-corrected chi connectivity index (χ2v) is 3.63. The van der Waals surface area contributed by atoms with Gasteiger partial charge in [0.2, 0.25) is 0 Å². The molecule has 0 aromatic carbocycles. The molecule has 0 aliphatic heterocycles. The molecule has 2 unspecified atom stereocenters. The number of hydrogen-bond acceptors (Lipinski definition) is 6. The van der Waals surface area contributed by atoms with Crippen LogP contribution in [-0.4, -0.2) is 33.9 Å². The van der Waals surface area contributed by atoms with Gasteiger partial charge in [-0.05, 0) is 25.5 Å². The Morgan fingerprint density at radius 3 is 2.76 bits per heavy atom. The zero-order valence-corrected chi connectivity index (χ0v) is 9.75. The maximum Gasteiger partial charge on any atom is 0.338 e. The summed E-state index contributed by atoms with van der Waals surface area (Å²) in [4.78, 5) is 15.1. The standard InChI is InChI=1S/C11H16N2O4/c1-3-17-11(16)10(15)9(14)8-7(12)4-6(2)5-13-8/h4-5,9-10,14-15H,3,12H2,1-2H3. The number of aromatic nitrogens is 1. The van der Waals surface area contributed by atoms with Gasteiger partial charge < -0.3 is 20.7 Å². The summed E-state index contributed by atoms with van der Waals surface area (Å²) in [7, 11) is 0. The molecule has 0 aliphatic carbocycles. The summed E-state index contributed by atoms with van der Waals surface area (Å²) in [5.74, 6) is -0.901. The number of aliphatic hydroxyl groups is 2. The van der Waals surface area contributed by atoms with Crippen molar-refractivity contribution in [1.29, 1.82) is 0 Å². The summed E-state index contributed by atoms with van der Waals surface area (Å²) in [6, 6.07) is 1.60. The molecule has 0 amide bonds. The van der Waals surface area contributed by atoms with Crippen LogP contribution >= 0.6 is 0 Å². The molecule has 0 spiro atoms. The number of aryl methyl sites for hydroxylation is 1. The van der Waals surface area contributed by atoms with Gasteiger partial charge in [-0.3, -0.25) is 4.98 Å². The summed E-state index contributed by atoms with van der Waals surface area (Å²) < 4.78 is 4.59. The van der Waals surface area contributed by atoms with Gasteiger partial charge in [-0.2, -0.15) is 0 Å². The molecule has 0 saturated heterocycles. The fraction of sp³-hybridized carbons (Fsp3) is 0.455. The maximum absolute atomic E-state index is 11.2. The van der Waals surface area contributed by atoms with Crippen LogP contribution in [0.5, 0.6) is 0 Å². The summed E-state index contributed by atoms with van der Waals surface area (Å²) in [6.07, 6.45) is -1.69. The molecule has 1 aromatic rings. The molecule has 17 heavy (non-hydrogen) atoms. The quantitative estimate of drug-likeness (QED) is 0.636. The number of carbonyl (C=O) groups is 1. The Morgan fingerprint density at radius 1 is 1.59 bits per heavy atom. The van der Waals surface area contributed by atoms with Crippen molar-refractivity contribution in [2.24, 2.45) is 0 Å². The van der Waals surface area contributed by atoms with Crippen LogP contribution < -0.4 is 5.73 Å². The van der Waals surface area contributed by atoms with Gasteiger partial charge in [0.25, 0.3) is 0 Å². The molecule has 1 rings (SSSR count). The summed E-state index contributed by atoms with van der Waals surface area (Å²) in [5.41, 5.74) is 6.76. The molecular weight excluding hydrogens is 224 g/mol. The SMILES string of the molecule is CCOC(=O)C(O)C(O)c1ncc(C)cc1N. The van der Waals surface area contributed by atoms with Gasteiger partial charge in [-0.15, -0.1) is 0 Å². The van der Waals surface area contributed by atoms with E-state index < -0.39 is 18.2 Å². The molecule has 0 aliphatic rings. The first-order chi connectivity index (χ1) is 7.97. The minimum Gasteiger partial charge on any atom is -0.464 e. The normalized spacial score (nSPS) is 14.1. The van der Waals surface area contributed by atoms with E-state index in [1.54, 1.807) is 19.9 Å². The minimum absolute atomic E-state index is 0.0659. The van der Waals surface area contributed by atoms with Crippen molar-refractivity contribution in [3.05, 3.63) is 23.5 Å². The molecule has 0 bridgehead atoms. The van der Waals surface area contributed by atoms with Gasteiger partial charge >= 0.3 is 5.97 Å². The molecule has 4 N–H and O–H groups in total. The monoisotopic (exact) mass is 240 g/mol. The molecule has 6 nitrogen and oxygen atoms in total. The van der Waals surface area contributed by atoms with Crippen LogP contribution in [0.1, 0.15) is 24.3 Å². The van der Waals surface area contributed by atoms with Gasteiger partial charge in [0, 0.05) is 6.20 Å². The predicted molar refractivity (Wildman–Crippen MR) is 61.0 cm³/mol. The van der Waals surface area contributed by atoms with Crippen LogP contribution in [0.25, 0.3) is 0 Å². The first-order valence-corrected chi connectivity index (χ1v) is 5.22. The Kier molecular flexibility index (Phi) is 4.42. The van der Waals surface area contributed by atoms with E-state index in [0.717, 1.165) is 5.56 Å². The Balaban J connectivity index is 2.88. The van der Waals surface area contributed by atoms with E-state index in [-0.39, 0.29) is 18.0 Å². The van der Waals surface area contributed by atoms with Gasteiger partial charge in [0.05, 0.1) is 18.0 Å². The van der Waals surface area contributed by atoms with E-state index in [1.165, 1.54) is 6.20 Å². The van der Waals surface area contributed by atoms with Gasteiger partial charge in [0.15, 0.2) is 6.10 Å². The number of aliphatic hydroxyl groups excluding tert-OH is 2. The maximum atomic E-state index is 11.2. The summed E-state index contributed by atoms with van der Waals surface area (Å²) in [5, 5.41) is 19.3. The van der Waals surface area contributed by atoms with Crippen molar-refractivity contribution in [3.8, 4) is 0 Å². The number of rotatable bonds is 4. The number of nitrogens with two attached hydrogens (primary N) is 1. The number of esters is 1. The third-order valence-corrected chi connectivity index (χ3v) is 2.19. The number of anilines is 1. The average molecular weight is 240 g/mol. The van der Waals surface area contributed by atoms with Crippen LogP contribution in [0, 0.1) is 6.92 Å². The Labute approximate surface area is 99.0 Å². The number of nitrogen functional groups attached to an aromatic ring is 1. The number of hydrogen-bond donors (Lipinski definition) is 3. The van der Waals surface area contributed by atoms with Gasteiger partial charge in [-0.25, -0.2) is 4.79 Å². The van der Waals surface area contributed by atoms with Crippen LogP contribution in [0.4, 0.5) is 5.69 Å². The molecule has 6 heteroatoms. The molecular formula is C11H16N2O4. The average Bonchev–Trinajstić information content (AvgIpc) is 2.27. The topological polar surface area (TPSA) is 106 Å². The number of ether oxygens (including phenoxy) is 1. The second-order valence-electron chi connectivity index (χ2n) is 3.63. The fourth-order valence-corrected chi connectivity index (χ4v) is 1.36. The summed E-state index contributed by atoms with van der Waals surface area (Å²) in [6.45, 7) is 3.52. The number of pyridine rings is 1. The lowest BCUT2D eigenvalue weighted by Gasteiger charge is -2.17. The third kappa shape index (κ3) is 3.15. The highest BCUT2D eigenvalue weighted by Crippen LogP contribution is 2.22. The zero-order chi connectivity index (χ0) is 13.0. The largest absolute Gasteiger partial charge is 0.464 e. The first kappa shape index (κ1) is 13.4. The van der Waals surface area contributed by atoms with Crippen molar-refractivity contribution in [3.63, 3.8) is 0 Å². The van der Waals surface area contributed by atoms with Crippen LogP contribution in [0.15, 0.2) is 12.3 Å². The van der Waals surface area contributed by atoms with E-state index in [4.69, 9.17) is 5.73 Å². The highest BCUT2D eigenvalue weighted by atomic mass is 16.5. The Hall–Kier alpha value is -1.66. The number of carbonyl (C=O) groups excluding carboxylic acids is 1. The predicted octanol–water partition coefficient (Wildman–Crippen LogP) is -0.0704. The van der Waals surface area contributed by atoms with Crippen LogP contribution in [0.3, 0.4) is 0 Å². The highest BCUT2D eigenvalue weighted by Gasteiger charge is 2.29. The van der Waals surface area contributed by atoms with Crippen LogP contribution in [-0.2, 0) is 9.53 Å². The molecule has 0 radical (unpaired) electrons. The second kappa shape index (κ2) is 5.60. The Morgan fingerprint density at radius 2 is 2.24 bits per heavy atom. The summed E-state index contributed by atoms with van der Waals surface area (Å²) >= 11 is 0. The van der Waals surface area contributed by atoms with E-state index in [9.17, 15) is 15.0 Å². The van der Waals surface area contributed by atoms with Crippen LogP contribution in [0.2, 0.25) is 0 Å². The zero-order valence-electron chi connectivity index (χ0n) is 9.75. The molecule has 0 saturated carbocycles. The molecule has 0 fully saturated rings. The lowest BCUT2D eigenvalue weighted by molar-refractivity contribution is -0.159.